The average molecular weight is 518 g/mol. The summed E-state index contributed by atoms with van der Waals surface area (Å²) in [6, 6.07) is 13.4. The Balaban J connectivity index is 1.30. The van der Waals surface area contributed by atoms with Gasteiger partial charge in [-0.05, 0) is 60.9 Å². The second kappa shape index (κ2) is 10.6. The molecule has 3 aliphatic rings. The summed E-state index contributed by atoms with van der Waals surface area (Å²) in [5, 5.41) is 15.2. The molecule has 1 saturated heterocycles. The van der Waals surface area contributed by atoms with Crippen LogP contribution >= 0.6 is 11.8 Å². The van der Waals surface area contributed by atoms with Crippen molar-refractivity contribution < 1.29 is 19.1 Å². The molecule has 0 aromatic heterocycles. The number of thioether (sulfide) groups is 1. The Morgan fingerprint density at radius 1 is 1.14 bits per heavy atom. The molecule has 0 radical (unpaired) electrons. The van der Waals surface area contributed by atoms with Gasteiger partial charge in [-0.25, -0.2) is 0 Å². The van der Waals surface area contributed by atoms with Crippen LogP contribution in [0, 0.1) is 12.3 Å². The second-order valence-corrected chi connectivity index (χ2v) is 10.0. The lowest BCUT2D eigenvalue weighted by Crippen LogP contribution is -2.35. The van der Waals surface area contributed by atoms with Gasteiger partial charge in [0.05, 0.1) is 19.1 Å². The summed E-state index contributed by atoms with van der Waals surface area (Å²) >= 11 is 1.16. The van der Waals surface area contributed by atoms with Gasteiger partial charge in [0.1, 0.15) is 11.7 Å². The fraction of sp³-hybridized carbons (Fsp3) is 0.296. The van der Waals surface area contributed by atoms with Gasteiger partial charge >= 0.3 is 0 Å². The molecule has 2 amide bonds. The van der Waals surface area contributed by atoms with E-state index in [0.29, 0.717) is 33.9 Å². The van der Waals surface area contributed by atoms with Crippen molar-refractivity contribution in [2.75, 3.05) is 20.2 Å². The fourth-order valence-electron chi connectivity index (χ4n) is 4.22. The van der Waals surface area contributed by atoms with E-state index in [1.165, 1.54) is 10.6 Å². The minimum absolute atomic E-state index is 0.00889. The summed E-state index contributed by atoms with van der Waals surface area (Å²) in [6.07, 6.45) is 3.76. The predicted octanol–water partition coefficient (Wildman–Crippen LogP) is 4.21. The van der Waals surface area contributed by atoms with Crippen molar-refractivity contribution in [1.82, 2.24) is 9.91 Å². The highest BCUT2D eigenvalue weighted by molar-refractivity contribution is 8.27. The Bertz CT molecular complexity index is 1340. The van der Waals surface area contributed by atoms with E-state index in [1.54, 1.807) is 31.4 Å². The molecule has 1 N–H and O–H groups in total. The van der Waals surface area contributed by atoms with Crippen molar-refractivity contribution in [3.05, 3.63) is 64.7 Å². The van der Waals surface area contributed by atoms with Gasteiger partial charge in [0.15, 0.2) is 17.3 Å². The van der Waals surface area contributed by atoms with Crippen LogP contribution in [0.4, 0.5) is 0 Å². The van der Waals surface area contributed by atoms with Crippen LogP contribution in [0.5, 0.6) is 11.5 Å². The number of ether oxygens (including phenoxy) is 2. The van der Waals surface area contributed by atoms with Crippen LogP contribution < -0.4 is 9.47 Å². The van der Waals surface area contributed by atoms with E-state index in [-0.39, 0.29) is 23.7 Å². The smallest absolute Gasteiger partial charge is 0.283 e. The maximum atomic E-state index is 12.8. The molecule has 1 fully saturated rings. The van der Waals surface area contributed by atoms with E-state index in [1.807, 2.05) is 36.1 Å². The van der Waals surface area contributed by atoms with Gasteiger partial charge in [-0.15, -0.1) is 0 Å². The third-order valence-electron chi connectivity index (χ3n) is 6.27. The predicted molar refractivity (Wildman–Crippen MR) is 144 cm³/mol. The van der Waals surface area contributed by atoms with Crippen molar-refractivity contribution >= 4 is 45.7 Å². The number of carbonyl (C=O) groups is 2. The van der Waals surface area contributed by atoms with Crippen LogP contribution in [0.25, 0.3) is 6.08 Å². The third-order valence-corrected chi connectivity index (χ3v) is 7.18. The number of amides is 2. The molecule has 37 heavy (non-hydrogen) atoms. The zero-order valence-corrected chi connectivity index (χ0v) is 21.5. The number of nitrogens with one attached hydrogen (secondary N) is 1. The first-order chi connectivity index (χ1) is 17.9. The number of fused-ring (bicyclic) bond motifs is 1. The maximum absolute atomic E-state index is 12.8. The quantitative estimate of drug-likeness (QED) is 0.551. The van der Waals surface area contributed by atoms with E-state index < -0.39 is 5.91 Å². The Morgan fingerprint density at radius 3 is 2.62 bits per heavy atom. The van der Waals surface area contributed by atoms with Crippen molar-refractivity contribution in [3.63, 3.8) is 0 Å². The van der Waals surface area contributed by atoms with E-state index in [4.69, 9.17) is 14.9 Å². The lowest BCUT2D eigenvalue weighted by atomic mass is 10.1. The molecule has 3 heterocycles. The van der Waals surface area contributed by atoms with Crippen molar-refractivity contribution in [3.8, 4) is 11.5 Å². The number of hydrogen-bond acceptors (Lipinski definition) is 7. The summed E-state index contributed by atoms with van der Waals surface area (Å²) in [5.41, 5.74) is 2.99. The minimum atomic E-state index is -0.523. The molecule has 0 unspecified atom stereocenters. The molecule has 2 aromatic rings. The van der Waals surface area contributed by atoms with Gasteiger partial charge in [0.2, 0.25) is 11.1 Å². The number of aryl methyl sites for hydroxylation is 1. The molecule has 0 spiro atoms. The number of amidine groups is 2. The van der Waals surface area contributed by atoms with Gasteiger partial charge < -0.3 is 14.4 Å². The zero-order chi connectivity index (χ0) is 25.9. The summed E-state index contributed by atoms with van der Waals surface area (Å²) in [7, 11) is 1.55. The third kappa shape index (κ3) is 5.43. The zero-order valence-electron chi connectivity index (χ0n) is 20.7. The van der Waals surface area contributed by atoms with Crippen molar-refractivity contribution in [1.29, 1.82) is 5.41 Å². The number of carbonyl (C=O) groups excluding carboxylic acids is 2. The Labute approximate surface area is 219 Å². The van der Waals surface area contributed by atoms with Crippen LogP contribution in [-0.2, 0) is 16.2 Å². The van der Waals surface area contributed by atoms with E-state index >= 15 is 0 Å². The van der Waals surface area contributed by atoms with E-state index in [0.717, 1.165) is 43.3 Å². The van der Waals surface area contributed by atoms with E-state index in [2.05, 4.69) is 10.1 Å². The standard InChI is InChI=1S/C27H27N5O4S/c1-17-5-7-18(8-6-17)16-36-21-10-9-19(14-22(21)35-2)13-20-25(28)32-27(29-26(20)34)37-23(30-32)15-24(33)31-11-3-4-12-31/h5-10,13-14,28H,3-4,11-12,15-16H2,1-2H3. The Hall–Kier alpha value is -3.92. The van der Waals surface area contributed by atoms with E-state index in [9.17, 15) is 9.59 Å². The number of benzene rings is 2. The summed E-state index contributed by atoms with van der Waals surface area (Å²) in [4.78, 5) is 31.2. The molecular weight excluding hydrogens is 490 g/mol. The van der Waals surface area contributed by atoms with Gasteiger partial charge in [-0.3, -0.25) is 15.0 Å². The van der Waals surface area contributed by atoms with Crippen LogP contribution in [0.1, 0.15) is 36.0 Å². The highest BCUT2D eigenvalue weighted by Gasteiger charge is 2.36. The molecule has 0 bridgehead atoms. The van der Waals surface area contributed by atoms with Gasteiger partial charge in [0, 0.05) is 13.1 Å². The molecule has 5 rings (SSSR count). The SMILES string of the molecule is COc1cc(C=C2C(=N)N3N=C(CC(=O)N4CCCC4)SC3=NC2=O)ccc1OCc1ccc(C)cc1. The molecule has 190 valence electrons. The van der Waals surface area contributed by atoms with Gasteiger partial charge in [-0.1, -0.05) is 35.9 Å². The topological polar surface area (TPSA) is 108 Å². The first kappa shape index (κ1) is 24.8. The number of nitrogens with zero attached hydrogens (tertiary/aromatic N) is 4. The summed E-state index contributed by atoms with van der Waals surface area (Å²) in [5.74, 6) is 0.491. The minimum Gasteiger partial charge on any atom is -0.493 e. The van der Waals surface area contributed by atoms with Crippen molar-refractivity contribution in [2.45, 2.75) is 32.8 Å². The number of likely N-dealkylation sites (tertiary alicyclic amines) is 1. The number of aliphatic imine (C=N–C) groups is 1. The highest BCUT2D eigenvalue weighted by Crippen LogP contribution is 2.32. The molecule has 0 atom stereocenters. The van der Waals surface area contributed by atoms with Crippen LogP contribution in [0.15, 0.2) is 58.1 Å². The molecule has 10 heteroatoms. The van der Waals surface area contributed by atoms with Crippen molar-refractivity contribution in [2.24, 2.45) is 10.1 Å². The summed E-state index contributed by atoms with van der Waals surface area (Å²) < 4.78 is 11.4. The molecule has 0 aliphatic carbocycles. The largest absolute Gasteiger partial charge is 0.493 e. The monoisotopic (exact) mass is 517 g/mol. The summed E-state index contributed by atoms with van der Waals surface area (Å²) in [6.45, 7) is 3.96. The number of rotatable bonds is 7. The number of hydrogen-bond donors (Lipinski definition) is 1. The lowest BCUT2D eigenvalue weighted by Gasteiger charge is -2.20. The van der Waals surface area contributed by atoms with Gasteiger partial charge in [0.25, 0.3) is 5.91 Å². The Kier molecular flexibility index (Phi) is 7.09. The first-order valence-corrected chi connectivity index (χ1v) is 12.9. The average Bonchev–Trinajstić information content (AvgIpc) is 3.57. The maximum Gasteiger partial charge on any atom is 0.283 e. The molecule has 9 nitrogen and oxygen atoms in total. The second-order valence-electron chi connectivity index (χ2n) is 8.96. The number of hydrazone groups is 1. The lowest BCUT2D eigenvalue weighted by molar-refractivity contribution is -0.128. The molecule has 0 saturated carbocycles. The van der Waals surface area contributed by atoms with Crippen LogP contribution in [0.2, 0.25) is 0 Å². The van der Waals surface area contributed by atoms with Crippen LogP contribution in [0.3, 0.4) is 0 Å². The van der Waals surface area contributed by atoms with Gasteiger partial charge in [-0.2, -0.15) is 15.1 Å². The Morgan fingerprint density at radius 2 is 1.89 bits per heavy atom. The normalized spacial score (nSPS) is 18.2. The molecule has 3 aliphatic heterocycles. The molecular formula is C27H27N5O4S. The first-order valence-electron chi connectivity index (χ1n) is 12.0. The fourth-order valence-corrected chi connectivity index (χ4v) is 5.09. The number of methoxy groups -OCH3 is 1. The van der Waals surface area contributed by atoms with Crippen LogP contribution in [-0.4, -0.2) is 58.0 Å². The molecule has 2 aromatic carbocycles. The highest BCUT2D eigenvalue weighted by atomic mass is 32.2.